The highest BCUT2D eigenvalue weighted by Crippen LogP contribution is 2.30. The molecule has 1 unspecified atom stereocenters. The van der Waals surface area contributed by atoms with Gasteiger partial charge in [0.1, 0.15) is 5.25 Å². The van der Waals surface area contributed by atoms with E-state index in [1.807, 2.05) is 18.2 Å². The van der Waals surface area contributed by atoms with Gasteiger partial charge in [0, 0.05) is 18.4 Å². The van der Waals surface area contributed by atoms with Crippen molar-refractivity contribution in [2.45, 2.75) is 23.5 Å². The molecule has 0 bridgehead atoms. The van der Waals surface area contributed by atoms with Gasteiger partial charge in [0.2, 0.25) is 0 Å². The molecule has 0 aromatic heterocycles. The second-order valence-electron chi connectivity index (χ2n) is 5.43. The Morgan fingerprint density at radius 1 is 1.09 bits per heavy atom. The maximum atomic E-state index is 12.4. The molecule has 0 saturated heterocycles. The Morgan fingerprint density at radius 2 is 1.77 bits per heavy atom. The van der Waals surface area contributed by atoms with Gasteiger partial charge in [-0.25, -0.2) is 5.01 Å². The Labute approximate surface area is 135 Å². The van der Waals surface area contributed by atoms with Crippen LogP contribution in [0.15, 0.2) is 64.6 Å². The fourth-order valence-corrected chi connectivity index (χ4v) is 3.50. The minimum absolute atomic E-state index is 0.0523. The fourth-order valence-electron chi connectivity index (χ4n) is 2.41. The first-order valence-corrected chi connectivity index (χ1v) is 8.13. The zero-order chi connectivity index (χ0) is 15.5. The molecule has 0 saturated carbocycles. The summed E-state index contributed by atoms with van der Waals surface area (Å²) in [7, 11) is 1.73. The van der Waals surface area contributed by atoms with Crippen molar-refractivity contribution in [1.29, 1.82) is 0 Å². The Hall–Kier alpha value is -2.07. The highest BCUT2D eigenvalue weighted by Gasteiger charge is 2.34. The molecule has 2 aromatic rings. The van der Waals surface area contributed by atoms with Gasteiger partial charge in [0.15, 0.2) is 0 Å². The summed E-state index contributed by atoms with van der Waals surface area (Å²) in [5.74, 6) is 0.0523. The molecule has 1 heterocycles. The first kappa shape index (κ1) is 14.9. The standard InChI is InChI=1S/C18H18N2OS/c1-13-8-10-15(11-9-13)22-17-16(19-20(2)18(17)21)12-14-6-4-3-5-7-14/h3-11,17H,12H2,1-2H3. The van der Waals surface area contributed by atoms with E-state index < -0.39 is 0 Å². The summed E-state index contributed by atoms with van der Waals surface area (Å²) in [6, 6.07) is 18.4. The summed E-state index contributed by atoms with van der Waals surface area (Å²) in [6.45, 7) is 2.06. The summed E-state index contributed by atoms with van der Waals surface area (Å²) < 4.78 is 0. The lowest BCUT2D eigenvalue weighted by Crippen LogP contribution is -2.28. The van der Waals surface area contributed by atoms with Gasteiger partial charge in [-0.3, -0.25) is 4.79 Å². The van der Waals surface area contributed by atoms with Crippen molar-refractivity contribution in [2.24, 2.45) is 5.10 Å². The Morgan fingerprint density at radius 3 is 2.45 bits per heavy atom. The number of thioether (sulfide) groups is 1. The Balaban J connectivity index is 1.79. The van der Waals surface area contributed by atoms with E-state index in [-0.39, 0.29) is 11.2 Å². The van der Waals surface area contributed by atoms with Crippen LogP contribution in [0.2, 0.25) is 0 Å². The smallest absolute Gasteiger partial charge is 0.261 e. The van der Waals surface area contributed by atoms with Crippen molar-refractivity contribution in [3.05, 3.63) is 65.7 Å². The van der Waals surface area contributed by atoms with Crippen LogP contribution in [0, 0.1) is 6.92 Å². The molecule has 4 heteroatoms. The molecule has 1 amide bonds. The van der Waals surface area contributed by atoms with Crippen molar-refractivity contribution < 1.29 is 4.79 Å². The second kappa shape index (κ2) is 6.36. The van der Waals surface area contributed by atoms with E-state index in [1.165, 1.54) is 16.1 Å². The molecular weight excluding hydrogens is 292 g/mol. The molecular formula is C18H18N2OS. The van der Waals surface area contributed by atoms with Crippen LogP contribution in [0.3, 0.4) is 0 Å². The van der Waals surface area contributed by atoms with Gasteiger partial charge in [0.25, 0.3) is 5.91 Å². The van der Waals surface area contributed by atoms with Crippen LogP contribution >= 0.6 is 11.8 Å². The molecule has 0 radical (unpaired) electrons. The van der Waals surface area contributed by atoms with Crippen LogP contribution < -0.4 is 0 Å². The summed E-state index contributed by atoms with van der Waals surface area (Å²) in [5, 5.41) is 5.67. The first-order chi connectivity index (χ1) is 10.6. The van der Waals surface area contributed by atoms with Crippen molar-refractivity contribution in [2.75, 3.05) is 7.05 Å². The molecule has 0 fully saturated rings. The molecule has 112 valence electrons. The summed E-state index contributed by atoms with van der Waals surface area (Å²) in [4.78, 5) is 13.5. The monoisotopic (exact) mass is 310 g/mol. The lowest BCUT2D eigenvalue weighted by Gasteiger charge is -2.11. The van der Waals surface area contributed by atoms with Gasteiger partial charge < -0.3 is 0 Å². The highest BCUT2D eigenvalue weighted by molar-refractivity contribution is 8.01. The summed E-state index contributed by atoms with van der Waals surface area (Å²) in [5.41, 5.74) is 3.32. The number of benzene rings is 2. The van der Waals surface area contributed by atoms with Gasteiger partial charge in [-0.1, -0.05) is 48.0 Å². The number of rotatable bonds is 4. The van der Waals surface area contributed by atoms with E-state index in [0.717, 1.165) is 10.6 Å². The number of aryl methyl sites for hydroxylation is 1. The molecule has 0 aliphatic carbocycles. The minimum Gasteiger partial charge on any atom is -0.271 e. The van der Waals surface area contributed by atoms with E-state index >= 15 is 0 Å². The van der Waals surface area contributed by atoms with Crippen LogP contribution in [0.1, 0.15) is 11.1 Å². The summed E-state index contributed by atoms with van der Waals surface area (Å²) in [6.07, 6.45) is 0.709. The zero-order valence-corrected chi connectivity index (χ0v) is 13.5. The molecule has 1 aliphatic rings. The highest BCUT2D eigenvalue weighted by atomic mass is 32.2. The number of hydrogen-bond donors (Lipinski definition) is 0. The van der Waals surface area contributed by atoms with E-state index in [9.17, 15) is 4.79 Å². The number of hydrogen-bond acceptors (Lipinski definition) is 3. The van der Waals surface area contributed by atoms with E-state index in [0.29, 0.717) is 6.42 Å². The number of amides is 1. The van der Waals surface area contributed by atoms with Gasteiger partial charge in [-0.15, -0.1) is 11.8 Å². The lowest BCUT2D eigenvalue weighted by molar-refractivity contribution is -0.126. The molecule has 3 nitrogen and oxygen atoms in total. The number of hydrazone groups is 1. The van der Waals surface area contributed by atoms with Crippen molar-refractivity contribution in [3.8, 4) is 0 Å². The van der Waals surface area contributed by atoms with Crippen LogP contribution in [0.4, 0.5) is 0 Å². The van der Waals surface area contributed by atoms with E-state index in [4.69, 9.17) is 0 Å². The maximum Gasteiger partial charge on any atom is 0.261 e. The topological polar surface area (TPSA) is 32.7 Å². The minimum atomic E-state index is -0.229. The Kier molecular flexibility index (Phi) is 4.29. The van der Waals surface area contributed by atoms with E-state index in [2.05, 4.69) is 48.4 Å². The van der Waals surface area contributed by atoms with E-state index in [1.54, 1.807) is 18.8 Å². The first-order valence-electron chi connectivity index (χ1n) is 7.25. The van der Waals surface area contributed by atoms with Gasteiger partial charge in [-0.05, 0) is 24.6 Å². The van der Waals surface area contributed by atoms with Crippen molar-refractivity contribution >= 4 is 23.4 Å². The average Bonchev–Trinajstić information content (AvgIpc) is 2.78. The van der Waals surface area contributed by atoms with Crippen molar-refractivity contribution in [3.63, 3.8) is 0 Å². The molecule has 2 aromatic carbocycles. The molecule has 1 atom stereocenters. The normalized spacial score (nSPS) is 17.7. The predicted molar refractivity (Wildman–Crippen MR) is 91.2 cm³/mol. The largest absolute Gasteiger partial charge is 0.271 e. The molecule has 1 aliphatic heterocycles. The predicted octanol–water partition coefficient (Wildman–Crippen LogP) is 3.53. The van der Waals surface area contributed by atoms with Crippen LogP contribution in [0.5, 0.6) is 0 Å². The maximum absolute atomic E-state index is 12.4. The molecule has 0 spiro atoms. The van der Waals surface area contributed by atoms with Crippen LogP contribution in [-0.2, 0) is 11.2 Å². The van der Waals surface area contributed by atoms with Crippen molar-refractivity contribution in [1.82, 2.24) is 5.01 Å². The SMILES string of the molecule is Cc1ccc(SC2C(=O)N(C)N=C2Cc2ccccc2)cc1. The number of carbonyl (C=O) groups is 1. The van der Waals surface area contributed by atoms with Crippen LogP contribution in [0.25, 0.3) is 0 Å². The quantitative estimate of drug-likeness (QED) is 0.865. The number of carbonyl (C=O) groups excluding carboxylic acids is 1. The number of nitrogens with zero attached hydrogens (tertiary/aromatic N) is 2. The third kappa shape index (κ3) is 3.22. The average molecular weight is 310 g/mol. The summed E-state index contributed by atoms with van der Waals surface area (Å²) >= 11 is 1.58. The van der Waals surface area contributed by atoms with Gasteiger partial charge in [0.05, 0.1) is 5.71 Å². The lowest BCUT2D eigenvalue weighted by atomic mass is 10.1. The fraction of sp³-hybridized carbons (Fsp3) is 0.222. The zero-order valence-electron chi connectivity index (χ0n) is 12.7. The third-order valence-electron chi connectivity index (χ3n) is 3.63. The molecule has 22 heavy (non-hydrogen) atoms. The van der Waals surface area contributed by atoms with Gasteiger partial charge >= 0.3 is 0 Å². The molecule has 0 N–H and O–H groups in total. The van der Waals surface area contributed by atoms with Crippen LogP contribution in [-0.4, -0.2) is 28.9 Å². The second-order valence-corrected chi connectivity index (χ2v) is 6.61. The Bertz CT molecular complexity index is 695. The third-order valence-corrected chi connectivity index (χ3v) is 4.88. The molecule has 3 rings (SSSR count). The van der Waals surface area contributed by atoms with Gasteiger partial charge in [-0.2, -0.15) is 5.10 Å².